The fraction of sp³-hybridized carbons (Fsp3) is 0.300. The first-order valence-corrected chi connectivity index (χ1v) is 4.72. The average Bonchev–Trinajstić information content (AvgIpc) is 2.10. The van der Waals surface area contributed by atoms with Crippen LogP contribution in [0.5, 0.6) is 0 Å². The fourth-order valence-corrected chi connectivity index (χ4v) is 1.54. The number of aryl methyl sites for hydroxylation is 1. The van der Waals surface area contributed by atoms with E-state index in [9.17, 15) is 0 Å². The van der Waals surface area contributed by atoms with Crippen LogP contribution in [0.25, 0.3) is 0 Å². The molecule has 0 radical (unpaired) electrons. The molecule has 0 unspecified atom stereocenters. The van der Waals surface area contributed by atoms with Crippen LogP contribution in [0.15, 0.2) is 16.7 Å². The molecule has 0 spiro atoms. The highest BCUT2D eigenvalue weighted by atomic mass is 79.9. The van der Waals surface area contributed by atoms with Crippen LogP contribution in [0.1, 0.15) is 5.56 Å². The summed E-state index contributed by atoms with van der Waals surface area (Å²) in [7, 11) is 1.92. The van der Waals surface area contributed by atoms with Gasteiger partial charge in [0, 0.05) is 13.2 Å². The number of pyridine rings is 1. The van der Waals surface area contributed by atoms with Gasteiger partial charge in [-0.2, -0.15) is 0 Å². The molecular weight excluding hydrogens is 228 g/mol. The Hall–Kier alpha value is -1.01. The zero-order valence-corrected chi connectivity index (χ0v) is 9.30. The smallest absolute Gasteiger partial charge is 0.143 e. The van der Waals surface area contributed by atoms with Crippen LogP contribution >= 0.6 is 15.9 Å². The molecule has 2 nitrogen and oxygen atoms in total. The van der Waals surface area contributed by atoms with Crippen LogP contribution in [-0.4, -0.2) is 18.6 Å². The molecule has 1 aromatic heterocycles. The second-order valence-corrected chi connectivity index (χ2v) is 3.62. The summed E-state index contributed by atoms with van der Waals surface area (Å²) in [5.74, 6) is 3.46. The van der Waals surface area contributed by atoms with Gasteiger partial charge in [0.15, 0.2) is 0 Å². The van der Waals surface area contributed by atoms with Crippen molar-refractivity contribution in [3.63, 3.8) is 0 Å². The van der Waals surface area contributed by atoms with E-state index in [0.29, 0.717) is 6.54 Å². The molecule has 0 saturated carbocycles. The van der Waals surface area contributed by atoms with Crippen LogP contribution in [0.3, 0.4) is 0 Å². The van der Waals surface area contributed by atoms with Crippen molar-refractivity contribution in [3.8, 4) is 12.3 Å². The Balaban J connectivity index is 3.02. The minimum absolute atomic E-state index is 0.565. The normalized spacial score (nSPS) is 9.38. The Bertz CT molecular complexity index is 341. The van der Waals surface area contributed by atoms with Gasteiger partial charge in [-0.25, -0.2) is 4.98 Å². The van der Waals surface area contributed by atoms with Gasteiger partial charge in [-0.1, -0.05) is 5.92 Å². The van der Waals surface area contributed by atoms with E-state index in [1.54, 1.807) is 6.20 Å². The minimum Gasteiger partial charge on any atom is -0.348 e. The Morgan fingerprint density at radius 3 is 3.00 bits per heavy atom. The zero-order chi connectivity index (χ0) is 9.84. The highest BCUT2D eigenvalue weighted by molar-refractivity contribution is 9.10. The highest BCUT2D eigenvalue weighted by Gasteiger charge is 2.07. The lowest BCUT2D eigenvalue weighted by atomic mass is 10.3. The lowest BCUT2D eigenvalue weighted by Gasteiger charge is -2.16. The van der Waals surface area contributed by atoms with Gasteiger partial charge in [-0.05, 0) is 34.5 Å². The molecule has 0 aliphatic rings. The predicted molar refractivity (Wildman–Crippen MR) is 58.8 cm³/mol. The molecule has 0 aliphatic heterocycles. The van der Waals surface area contributed by atoms with E-state index in [2.05, 4.69) is 26.8 Å². The number of hydrogen-bond donors (Lipinski definition) is 0. The van der Waals surface area contributed by atoms with E-state index < -0.39 is 0 Å². The van der Waals surface area contributed by atoms with E-state index in [4.69, 9.17) is 6.42 Å². The minimum atomic E-state index is 0.565. The molecule has 1 aromatic rings. The summed E-state index contributed by atoms with van der Waals surface area (Å²) in [5, 5.41) is 0. The molecular formula is C10H11BrN2. The summed E-state index contributed by atoms with van der Waals surface area (Å²) in [6.45, 7) is 2.59. The lowest BCUT2D eigenvalue weighted by molar-refractivity contribution is 0.995. The van der Waals surface area contributed by atoms with Gasteiger partial charge in [-0.3, -0.25) is 0 Å². The monoisotopic (exact) mass is 238 g/mol. The quantitative estimate of drug-likeness (QED) is 0.735. The summed E-state index contributed by atoms with van der Waals surface area (Å²) < 4.78 is 1.01. The number of nitrogens with zero attached hydrogens (tertiary/aromatic N) is 2. The third kappa shape index (κ3) is 2.22. The number of anilines is 1. The average molecular weight is 239 g/mol. The van der Waals surface area contributed by atoms with Crippen LogP contribution in [-0.2, 0) is 0 Å². The molecule has 0 saturated heterocycles. The molecule has 0 bridgehead atoms. The number of aromatic nitrogens is 1. The van der Waals surface area contributed by atoms with Crippen molar-refractivity contribution in [2.75, 3.05) is 18.5 Å². The summed E-state index contributed by atoms with van der Waals surface area (Å²) in [4.78, 5) is 6.17. The van der Waals surface area contributed by atoms with E-state index in [1.807, 2.05) is 24.9 Å². The van der Waals surface area contributed by atoms with Gasteiger partial charge in [-0.15, -0.1) is 6.42 Å². The molecule has 3 heteroatoms. The Kier molecular flexibility index (Phi) is 3.32. The topological polar surface area (TPSA) is 16.1 Å². The summed E-state index contributed by atoms with van der Waals surface area (Å²) in [6.07, 6.45) is 7.00. The van der Waals surface area contributed by atoms with Gasteiger partial charge >= 0.3 is 0 Å². The first kappa shape index (κ1) is 10.1. The molecule has 0 aliphatic carbocycles. The van der Waals surface area contributed by atoms with Gasteiger partial charge < -0.3 is 4.90 Å². The van der Waals surface area contributed by atoms with Crippen molar-refractivity contribution in [2.24, 2.45) is 0 Å². The molecule has 0 N–H and O–H groups in total. The standard InChI is InChI=1S/C10H11BrN2/c1-4-7-13(3)10-9(11)8(2)5-6-12-10/h1,5-6H,7H2,2-3H3. The number of rotatable bonds is 2. The number of hydrogen-bond acceptors (Lipinski definition) is 2. The maximum atomic E-state index is 5.22. The summed E-state index contributed by atoms with van der Waals surface area (Å²) in [5.41, 5.74) is 1.16. The highest BCUT2D eigenvalue weighted by Crippen LogP contribution is 2.25. The largest absolute Gasteiger partial charge is 0.348 e. The Morgan fingerprint density at radius 1 is 1.69 bits per heavy atom. The lowest BCUT2D eigenvalue weighted by Crippen LogP contribution is -2.18. The molecule has 13 heavy (non-hydrogen) atoms. The summed E-state index contributed by atoms with van der Waals surface area (Å²) >= 11 is 3.48. The van der Waals surface area contributed by atoms with Crippen molar-refractivity contribution in [1.82, 2.24) is 4.98 Å². The Labute approximate surface area is 87.1 Å². The molecule has 0 aromatic carbocycles. The Morgan fingerprint density at radius 2 is 2.38 bits per heavy atom. The molecule has 0 atom stereocenters. The van der Waals surface area contributed by atoms with Crippen molar-refractivity contribution in [3.05, 3.63) is 22.3 Å². The SMILES string of the molecule is C#CCN(C)c1nccc(C)c1Br. The molecule has 0 amide bonds. The number of terminal acetylenes is 1. The van der Waals surface area contributed by atoms with Gasteiger partial charge in [0.05, 0.1) is 11.0 Å². The van der Waals surface area contributed by atoms with Crippen LogP contribution in [0.4, 0.5) is 5.82 Å². The van der Waals surface area contributed by atoms with Gasteiger partial charge in [0.25, 0.3) is 0 Å². The van der Waals surface area contributed by atoms with Crippen molar-refractivity contribution >= 4 is 21.7 Å². The van der Waals surface area contributed by atoms with E-state index >= 15 is 0 Å². The van der Waals surface area contributed by atoms with Gasteiger partial charge in [0.1, 0.15) is 5.82 Å². The maximum absolute atomic E-state index is 5.22. The number of halogens is 1. The molecule has 0 fully saturated rings. The first-order valence-electron chi connectivity index (χ1n) is 3.92. The fourth-order valence-electron chi connectivity index (χ4n) is 1.00. The van der Waals surface area contributed by atoms with Crippen LogP contribution in [0, 0.1) is 19.3 Å². The molecule has 1 rings (SSSR count). The van der Waals surface area contributed by atoms with E-state index in [1.165, 1.54) is 0 Å². The van der Waals surface area contributed by atoms with Crippen LogP contribution < -0.4 is 4.90 Å². The third-order valence-electron chi connectivity index (χ3n) is 1.75. The van der Waals surface area contributed by atoms with Crippen molar-refractivity contribution in [2.45, 2.75) is 6.92 Å². The van der Waals surface area contributed by atoms with E-state index in [-0.39, 0.29) is 0 Å². The van der Waals surface area contributed by atoms with E-state index in [0.717, 1.165) is 15.9 Å². The van der Waals surface area contributed by atoms with Gasteiger partial charge in [0.2, 0.25) is 0 Å². The second-order valence-electron chi connectivity index (χ2n) is 2.83. The second kappa shape index (κ2) is 4.29. The predicted octanol–water partition coefficient (Wildman–Crippen LogP) is 2.22. The molecule has 1 heterocycles. The first-order chi connectivity index (χ1) is 6.16. The third-order valence-corrected chi connectivity index (χ3v) is 2.73. The van der Waals surface area contributed by atoms with Crippen molar-refractivity contribution < 1.29 is 0 Å². The summed E-state index contributed by atoms with van der Waals surface area (Å²) in [6, 6.07) is 1.96. The maximum Gasteiger partial charge on any atom is 0.143 e. The zero-order valence-electron chi connectivity index (χ0n) is 7.71. The molecule has 68 valence electrons. The van der Waals surface area contributed by atoms with Crippen LogP contribution in [0.2, 0.25) is 0 Å². The van der Waals surface area contributed by atoms with Crippen molar-refractivity contribution in [1.29, 1.82) is 0 Å².